The van der Waals surface area contributed by atoms with Gasteiger partial charge in [-0.2, -0.15) is 0 Å². The Bertz CT molecular complexity index is 959. The molecular formula is C28H36N2O3. The molecule has 0 aliphatic carbocycles. The predicted octanol–water partition coefficient (Wildman–Crippen LogP) is 4.90. The lowest BCUT2D eigenvalue weighted by Crippen LogP contribution is -2.49. The number of carbonyl (C=O) groups is 2. The first kappa shape index (κ1) is 23.3. The second-order valence-electron chi connectivity index (χ2n) is 9.41. The van der Waals surface area contributed by atoms with Crippen LogP contribution in [0.4, 0.5) is 0 Å². The van der Waals surface area contributed by atoms with E-state index in [4.69, 9.17) is 4.74 Å². The van der Waals surface area contributed by atoms with Crippen LogP contribution < -0.4 is 4.74 Å². The smallest absolute Gasteiger partial charge is 0.223 e. The van der Waals surface area contributed by atoms with E-state index in [0.717, 1.165) is 56.4 Å². The van der Waals surface area contributed by atoms with E-state index in [-0.39, 0.29) is 23.9 Å². The molecule has 5 nitrogen and oxygen atoms in total. The van der Waals surface area contributed by atoms with Crippen molar-refractivity contribution >= 4 is 11.8 Å². The highest BCUT2D eigenvalue weighted by molar-refractivity contribution is 5.79. The van der Waals surface area contributed by atoms with Crippen LogP contribution >= 0.6 is 0 Å². The molecule has 0 radical (unpaired) electrons. The number of fused-ring (bicyclic) bond motifs is 1. The SMILES string of the molecule is COc1ccc(CCCC(=O)N2CC[C@H]3[C@H]2CCCCC(=O)N3Cc2ccccc2)c(C)c1. The largest absolute Gasteiger partial charge is 0.497 e. The first-order valence-corrected chi connectivity index (χ1v) is 12.3. The molecule has 2 aliphatic heterocycles. The van der Waals surface area contributed by atoms with E-state index in [9.17, 15) is 9.59 Å². The van der Waals surface area contributed by atoms with Crippen LogP contribution in [0.1, 0.15) is 61.6 Å². The summed E-state index contributed by atoms with van der Waals surface area (Å²) < 4.78 is 5.29. The number of hydrogen-bond acceptors (Lipinski definition) is 3. The van der Waals surface area contributed by atoms with E-state index in [0.29, 0.717) is 19.4 Å². The number of amides is 2. The molecule has 2 aromatic carbocycles. The van der Waals surface area contributed by atoms with E-state index < -0.39 is 0 Å². The Labute approximate surface area is 197 Å². The Morgan fingerprint density at radius 2 is 1.88 bits per heavy atom. The van der Waals surface area contributed by atoms with Gasteiger partial charge in [0.1, 0.15) is 5.75 Å². The van der Waals surface area contributed by atoms with Crippen molar-refractivity contribution in [3.05, 3.63) is 65.2 Å². The number of likely N-dealkylation sites (tertiary alicyclic amines) is 2. The van der Waals surface area contributed by atoms with Gasteiger partial charge in [0.25, 0.3) is 0 Å². The number of methoxy groups -OCH3 is 1. The third-order valence-electron chi connectivity index (χ3n) is 7.27. The lowest BCUT2D eigenvalue weighted by Gasteiger charge is -2.37. The minimum absolute atomic E-state index is 0.130. The van der Waals surface area contributed by atoms with Crippen LogP contribution in [-0.2, 0) is 22.6 Å². The van der Waals surface area contributed by atoms with Crippen molar-refractivity contribution in [2.24, 2.45) is 0 Å². The van der Waals surface area contributed by atoms with Crippen LogP contribution in [0.2, 0.25) is 0 Å². The normalized spacial score (nSPS) is 20.8. The van der Waals surface area contributed by atoms with Crippen molar-refractivity contribution < 1.29 is 14.3 Å². The van der Waals surface area contributed by atoms with Gasteiger partial charge in [-0.1, -0.05) is 42.8 Å². The highest BCUT2D eigenvalue weighted by atomic mass is 16.5. The van der Waals surface area contributed by atoms with Crippen molar-refractivity contribution in [2.45, 2.75) is 76.9 Å². The van der Waals surface area contributed by atoms with Gasteiger partial charge in [0.15, 0.2) is 0 Å². The molecule has 0 unspecified atom stereocenters. The van der Waals surface area contributed by atoms with E-state index in [1.165, 1.54) is 11.1 Å². The fourth-order valence-electron chi connectivity index (χ4n) is 5.45. The summed E-state index contributed by atoms with van der Waals surface area (Å²) in [5.74, 6) is 1.34. The van der Waals surface area contributed by atoms with Crippen LogP contribution in [0, 0.1) is 6.92 Å². The molecule has 2 atom stereocenters. The quantitative estimate of drug-likeness (QED) is 0.605. The minimum Gasteiger partial charge on any atom is -0.497 e. The topological polar surface area (TPSA) is 49.9 Å². The summed E-state index contributed by atoms with van der Waals surface area (Å²) in [6.45, 7) is 3.49. The zero-order valence-electron chi connectivity index (χ0n) is 20.0. The van der Waals surface area contributed by atoms with Crippen molar-refractivity contribution in [2.75, 3.05) is 13.7 Å². The number of rotatable bonds is 7. The standard InChI is InChI=1S/C28H36N2O3/c1-21-19-24(33-2)16-15-23(21)11-8-14-27(31)29-18-17-26-25(29)12-6-7-13-28(32)30(26)20-22-9-4-3-5-10-22/h3-5,9-10,15-16,19,25-26H,6-8,11-14,17-18,20H2,1-2H3/t25-,26+/m1/s1. The summed E-state index contributed by atoms with van der Waals surface area (Å²) in [6, 6.07) is 16.6. The zero-order chi connectivity index (χ0) is 23.2. The fraction of sp³-hybridized carbons (Fsp3) is 0.500. The Kier molecular flexibility index (Phi) is 7.69. The van der Waals surface area contributed by atoms with Crippen molar-refractivity contribution in [1.82, 2.24) is 9.80 Å². The number of ether oxygens (including phenoxy) is 1. The number of nitrogens with zero attached hydrogens (tertiary/aromatic N) is 2. The average molecular weight is 449 g/mol. The molecule has 2 fully saturated rings. The van der Waals surface area contributed by atoms with Gasteiger partial charge in [-0.3, -0.25) is 9.59 Å². The summed E-state index contributed by atoms with van der Waals surface area (Å²) in [5, 5.41) is 0. The number of hydrogen-bond donors (Lipinski definition) is 0. The van der Waals surface area contributed by atoms with Crippen molar-refractivity contribution in [3.63, 3.8) is 0 Å². The van der Waals surface area contributed by atoms with E-state index in [1.807, 2.05) is 24.3 Å². The lowest BCUT2D eigenvalue weighted by atomic mass is 9.96. The molecule has 33 heavy (non-hydrogen) atoms. The van der Waals surface area contributed by atoms with Crippen molar-refractivity contribution in [3.8, 4) is 5.75 Å². The molecule has 0 bridgehead atoms. The van der Waals surface area contributed by atoms with E-state index in [1.54, 1.807) is 7.11 Å². The highest BCUT2D eigenvalue weighted by Crippen LogP contribution is 2.32. The Hall–Kier alpha value is -2.82. The molecule has 4 rings (SSSR count). The number of aryl methyl sites for hydroxylation is 2. The summed E-state index contributed by atoms with van der Waals surface area (Å²) in [5.41, 5.74) is 3.64. The second kappa shape index (κ2) is 10.9. The predicted molar refractivity (Wildman–Crippen MR) is 130 cm³/mol. The molecule has 2 saturated heterocycles. The number of carbonyl (C=O) groups excluding carboxylic acids is 2. The maximum Gasteiger partial charge on any atom is 0.223 e. The molecule has 0 spiro atoms. The lowest BCUT2D eigenvalue weighted by molar-refractivity contribution is -0.139. The highest BCUT2D eigenvalue weighted by Gasteiger charge is 2.41. The van der Waals surface area contributed by atoms with Gasteiger partial charge in [0.2, 0.25) is 11.8 Å². The van der Waals surface area contributed by atoms with Gasteiger partial charge in [-0.05, 0) is 67.9 Å². The van der Waals surface area contributed by atoms with Crippen molar-refractivity contribution in [1.29, 1.82) is 0 Å². The van der Waals surface area contributed by atoms with Crippen LogP contribution in [-0.4, -0.2) is 47.4 Å². The van der Waals surface area contributed by atoms with E-state index in [2.05, 4.69) is 41.0 Å². The van der Waals surface area contributed by atoms with Gasteiger partial charge in [-0.25, -0.2) is 0 Å². The second-order valence-corrected chi connectivity index (χ2v) is 9.41. The van der Waals surface area contributed by atoms with Gasteiger partial charge < -0.3 is 14.5 Å². The summed E-state index contributed by atoms with van der Waals surface area (Å²) >= 11 is 0. The van der Waals surface area contributed by atoms with Gasteiger partial charge in [-0.15, -0.1) is 0 Å². The Morgan fingerprint density at radius 3 is 2.64 bits per heavy atom. The summed E-state index contributed by atoms with van der Waals surface area (Å²) in [7, 11) is 1.68. The van der Waals surface area contributed by atoms with Crippen LogP contribution in [0.15, 0.2) is 48.5 Å². The van der Waals surface area contributed by atoms with Gasteiger partial charge in [0, 0.05) is 25.9 Å². The maximum absolute atomic E-state index is 13.2. The molecule has 0 saturated carbocycles. The minimum atomic E-state index is 0.130. The number of benzene rings is 2. The maximum atomic E-state index is 13.2. The summed E-state index contributed by atoms with van der Waals surface area (Å²) in [6.07, 6.45) is 6.70. The van der Waals surface area contributed by atoms with Crippen LogP contribution in [0.25, 0.3) is 0 Å². The van der Waals surface area contributed by atoms with Gasteiger partial charge in [0.05, 0.1) is 19.2 Å². The first-order valence-electron chi connectivity index (χ1n) is 12.3. The average Bonchev–Trinajstić information content (AvgIpc) is 3.23. The van der Waals surface area contributed by atoms with Gasteiger partial charge >= 0.3 is 0 Å². The zero-order valence-corrected chi connectivity index (χ0v) is 20.0. The molecule has 2 aliphatic rings. The van der Waals surface area contributed by atoms with E-state index >= 15 is 0 Å². The molecule has 0 aromatic heterocycles. The molecular weight excluding hydrogens is 412 g/mol. The third kappa shape index (κ3) is 5.58. The monoisotopic (exact) mass is 448 g/mol. The molecule has 2 aromatic rings. The Morgan fingerprint density at radius 1 is 1.06 bits per heavy atom. The first-order chi connectivity index (χ1) is 16.1. The molecule has 0 N–H and O–H groups in total. The van der Waals surface area contributed by atoms with Crippen LogP contribution in [0.3, 0.4) is 0 Å². The molecule has 2 heterocycles. The Balaban J connectivity index is 1.39. The molecule has 5 heteroatoms. The van der Waals surface area contributed by atoms with Crippen LogP contribution in [0.5, 0.6) is 5.75 Å². The summed E-state index contributed by atoms with van der Waals surface area (Å²) in [4.78, 5) is 30.4. The molecule has 176 valence electrons. The fourth-order valence-corrected chi connectivity index (χ4v) is 5.45. The third-order valence-corrected chi connectivity index (χ3v) is 7.27. The molecule has 2 amide bonds.